The number of para-hydroxylation sites is 1. The predicted molar refractivity (Wildman–Crippen MR) is 104 cm³/mol. The minimum absolute atomic E-state index is 0.101. The van der Waals surface area contributed by atoms with Crippen LogP contribution >= 0.6 is 0 Å². The highest BCUT2D eigenvalue weighted by molar-refractivity contribution is 5.99. The molecule has 0 aliphatic heterocycles. The summed E-state index contributed by atoms with van der Waals surface area (Å²) in [6.45, 7) is 1.37. The van der Waals surface area contributed by atoms with E-state index in [1.807, 2.05) is 0 Å². The number of hydrazine groups is 1. The largest absolute Gasteiger partial charge is 0.360 e. The number of rotatable bonds is 4. The standard InChI is InChI=1S/C20H18N4O4/c1-12-6-2-3-7-13(12)20(28)24-23-17(25)11-22-19(27)15-10-21-16-9-5-4-8-14(16)18(15)26/h2-10H,11H2,1H3,(H,21,26)(H,22,27)(H,23,25)(H,24,28). The number of aryl methyl sites for hydroxylation is 1. The molecule has 0 fully saturated rings. The molecule has 0 saturated heterocycles. The summed E-state index contributed by atoms with van der Waals surface area (Å²) in [6.07, 6.45) is 1.30. The SMILES string of the molecule is Cc1ccccc1C(=O)NNC(=O)CNC(=O)c1c[nH]c2ccccc2c1=O. The van der Waals surface area contributed by atoms with Gasteiger partial charge in [0.15, 0.2) is 0 Å². The van der Waals surface area contributed by atoms with Crippen molar-refractivity contribution >= 4 is 28.6 Å². The molecular weight excluding hydrogens is 360 g/mol. The number of carbonyl (C=O) groups is 3. The molecule has 28 heavy (non-hydrogen) atoms. The van der Waals surface area contributed by atoms with Crippen LogP contribution < -0.4 is 21.6 Å². The number of aromatic nitrogens is 1. The van der Waals surface area contributed by atoms with E-state index in [1.54, 1.807) is 55.5 Å². The Kier molecular flexibility index (Phi) is 5.50. The Morgan fingerprint density at radius 2 is 1.61 bits per heavy atom. The van der Waals surface area contributed by atoms with Crippen molar-refractivity contribution in [3.63, 3.8) is 0 Å². The third-order valence-electron chi connectivity index (χ3n) is 4.15. The fourth-order valence-corrected chi connectivity index (χ4v) is 2.66. The van der Waals surface area contributed by atoms with Crippen LogP contribution in [0.15, 0.2) is 59.5 Å². The second-order valence-electron chi connectivity index (χ2n) is 6.08. The molecule has 0 bridgehead atoms. The lowest BCUT2D eigenvalue weighted by atomic mass is 10.1. The van der Waals surface area contributed by atoms with E-state index in [4.69, 9.17) is 0 Å². The minimum Gasteiger partial charge on any atom is -0.360 e. The number of hydrogen-bond donors (Lipinski definition) is 4. The molecule has 0 radical (unpaired) electrons. The summed E-state index contributed by atoms with van der Waals surface area (Å²) in [4.78, 5) is 51.4. The Labute approximate surface area is 159 Å². The molecule has 0 aliphatic rings. The number of nitrogens with one attached hydrogen (secondary N) is 4. The van der Waals surface area contributed by atoms with Crippen molar-refractivity contribution in [3.8, 4) is 0 Å². The first kappa shape index (κ1) is 18.8. The van der Waals surface area contributed by atoms with E-state index in [9.17, 15) is 19.2 Å². The third kappa shape index (κ3) is 4.07. The van der Waals surface area contributed by atoms with Crippen LogP contribution in [0, 0.1) is 6.92 Å². The van der Waals surface area contributed by atoms with Gasteiger partial charge >= 0.3 is 0 Å². The van der Waals surface area contributed by atoms with E-state index in [2.05, 4.69) is 21.2 Å². The fourth-order valence-electron chi connectivity index (χ4n) is 2.66. The van der Waals surface area contributed by atoms with E-state index in [0.717, 1.165) is 5.56 Å². The number of hydrogen-bond acceptors (Lipinski definition) is 4. The number of amides is 3. The fraction of sp³-hybridized carbons (Fsp3) is 0.100. The van der Waals surface area contributed by atoms with Gasteiger partial charge in [-0.25, -0.2) is 0 Å². The number of carbonyl (C=O) groups excluding carboxylic acids is 3. The molecule has 0 atom stereocenters. The average molecular weight is 378 g/mol. The van der Waals surface area contributed by atoms with Gasteiger partial charge in [0.25, 0.3) is 17.7 Å². The van der Waals surface area contributed by atoms with Gasteiger partial charge in [0.1, 0.15) is 5.56 Å². The second-order valence-corrected chi connectivity index (χ2v) is 6.08. The van der Waals surface area contributed by atoms with Gasteiger partial charge in [-0.05, 0) is 30.7 Å². The summed E-state index contributed by atoms with van der Waals surface area (Å²) < 4.78 is 0. The molecule has 2 aromatic carbocycles. The van der Waals surface area contributed by atoms with Gasteiger partial charge in [-0.2, -0.15) is 0 Å². The maximum atomic E-state index is 12.4. The molecule has 3 amide bonds. The van der Waals surface area contributed by atoms with Crippen molar-refractivity contribution in [1.82, 2.24) is 21.2 Å². The van der Waals surface area contributed by atoms with E-state index >= 15 is 0 Å². The molecule has 1 heterocycles. The van der Waals surface area contributed by atoms with Crippen LogP contribution in [-0.2, 0) is 4.79 Å². The highest BCUT2D eigenvalue weighted by Crippen LogP contribution is 2.07. The van der Waals surface area contributed by atoms with Crippen LogP contribution in [0.1, 0.15) is 26.3 Å². The third-order valence-corrected chi connectivity index (χ3v) is 4.15. The summed E-state index contributed by atoms with van der Waals surface area (Å²) >= 11 is 0. The van der Waals surface area contributed by atoms with Gasteiger partial charge in [-0.1, -0.05) is 30.3 Å². The molecule has 0 spiro atoms. The molecule has 142 valence electrons. The van der Waals surface area contributed by atoms with Gasteiger partial charge in [-0.3, -0.25) is 30.0 Å². The van der Waals surface area contributed by atoms with Crippen LogP contribution in [0.5, 0.6) is 0 Å². The predicted octanol–water partition coefficient (Wildman–Crippen LogP) is 1.03. The minimum atomic E-state index is -0.688. The number of pyridine rings is 1. The molecule has 8 heteroatoms. The molecule has 0 aliphatic carbocycles. The van der Waals surface area contributed by atoms with E-state index < -0.39 is 29.7 Å². The van der Waals surface area contributed by atoms with Crippen LogP contribution in [0.4, 0.5) is 0 Å². The molecule has 0 saturated carbocycles. The number of aromatic amines is 1. The van der Waals surface area contributed by atoms with Gasteiger partial charge in [0.05, 0.1) is 6.54 Å². The first-order valence-electron chi connectivity index (χ1n) is 8.51. The maximum absolute atomic E-state index is 12.4. The van der Waals surface area contributed by atoms with Gasteiger partial charge < -0.3 is 10.3 Å². The highest BCUT2D eigenvalue weighted by atomic mass is 16.2. The Bertz CT molecular complexity index is 1120. The van der Waals surface area contributed by atoms with E-state index in [1.165, 1.54) is 6.20 Å². The number of H-pyrrole nitrogens is 1. The molecular formula is C20H18N4O4. The molecule has 1 aromatic heterocycles. The molecule has 3 rings (SSSR count). The van der Waals surface area contributed by atoms with Gasteiger partial charge in [0, 0.05) is 22.7 Å². The smallest absolute Gasteiger partial charge is 0.269 e. The van der Waals surface area contributed by atoms with Crippen molar-refractivity contribution in [3.05, 3.63) is 81.6 Å². The topological polar surface area (TPSA) is 120 Å². The average Bonchev–Trinajstić information content (AvgIpc) is 2.71. The first-order chi connectivity index (χ1) is 13.5. The second kappa shape index (κ2) is 8.17. The Morgan fingerprint density at radius 3 is 2.39 bits per heavy atom. The van der Waals surface area contributed by atoms with Crippen LogP contribution in [0.25, 0.3) is 10.9 Å². The normalized spacial score (nSPS) is 10.3. The Morgan fingerprint density at radius 1 is 0.893 bits per heavy atom. The molecule has 4 N–H and O–H groups in total. The lowest BCUT2D eigenvalue weighted by Gasteiger charge is -2.10. The lowest BCUT2D eigenvalue weighted by molar-refractivity contribution is -0.120. The quantitative estimate of drug-likeness (QED) is 0.507. The van der Waals surface area contributed by atoms with Gasteiger partial charge in [0.2, 0.25) is 5.43 Å². The monoisotopic (exact) mass is 378 g/mol. The summed E-state index contributed by atoms with van der Waals surface area (Å²) in [6, 6.07) is 13.7. The summed E-state index contributed by atoms with van der Waals surface area (Å²) in [5.41, 5.74) is 5.77. The lowest BCUT2D eigenvalue weighted by Crippen LogP contribution is -2.46. The van der Waals surface area contributed by atoms with Crippen LogP contribution in [0.3, 0.4) is 0 Å². The van der Waals surface area contributed by atoms with Gasteiger partial charge in [-0.15, -0.1) is 0 Å². The van der Waals surface area contributed by atoms with Crippen LogP contribution in [0.2, 0.25) is 0 Å². The van der Waals surface area contributed by atoms with Crippen molar-refractivity contribution in [1.29, 1.82) is 0 Å². The molecule has 3 aromatic rings. The first-order valence-corrected chi connectivity index (χ1v) is 8.51. The molecule has 0 unspecified atom stereocenters. The number of fused-ring (bicyclic) bond motifs is 1. The van der Waals surface area contributed by atoms with E-state index in [-0.39, 0.29) is 5.56 Å². The van der Waals surface area contributed by atoms with Crippen LogP contribution in [-0.4, -0.2) is 29.3 Å². The van der Waals surface area contributed by atoms with Crippen molar-refractivity contribution in [2.75, 3.05) is 6.54 Å². The van der Waals surface area contributed by atoms with E-state index in [0.29, 0.717) is 16.5 Å². The summed E-state index contributed by atoms with van der Waals surface area (Å²) in [7, 11) is 0. The Balaban J connectivity index is 1.57. The molecule has 8 nitrogen and oxygen atoms in total. The number of benzene rings is 2. The maximum Gasteiger partial charge on any atom is 0.269 e. The zero-order valence-electron chi connectivity index (χ0n) is 15.0. The van der Waals surface area contributed by atoms with Crippen molar-refractivity contribution in [2.45, 2.75) is 6.92 Å². The Hall–Kier alpha value is -3.94. The van der Waals surface area contributed by atoms with Crippen molar-refractivity contribution in [2.24, 2.45) is 0 Å². The highest BCUT2D eigenvalue weighted by Gasteiger charge is 2.14. The zero-order valence-corrected chi connectivity index (χ0v) is 15.0. The zero-order chi connectivity index (χ0) is 20.1. The van der Waals surface area contributed by atoms with Crippen molar-refractivity contribution < 1.29 is 14.4 Å². The summed E-state index contributed by atoms with van der Waals surface area (Å²) in [5.74, 6) is -1.79. The summed E-state index contributed by atoms with van der Waals surface area (Å²) in [5, 5.41) is 2.74.